The van der Waals surface area contributed by atoms with Gasteiger partial charge in [-0.15, -0.1) is 11.3 Å². The van der Waals surface area contributed by atoms with Crippen molar-refractivity contribution in [2.45, 2.75) is 53.1 Å². The first-order chi connectivity index (χ1) is 9.80. The van der Waals surface area contributed by atoms with Crippen LogP contribution in [0.2, 0.25) is 0 Å². The van der Waals surface area contributed by atoms with Crippen molar-refractivity contribution in [3.8, 4) is 0 Å². The largest absolute Gasteiger partial charge is 0.444 e. The highest BCUT2D eigenvalue weighted by molar-refractivity contribution is 7.19. The summed E-state index contributed by atoms with van der Waals surface area (Å²) >= 11 is 1.75. The molecule has 0 fully saturated rings. The predicted octanol–water partition coefficient (Wildman–Crippen LogP) is 5.51. The van der Waals surface area contributed by atoms with Gasteiger partial charge in [-0.2, -0.15) is 0 Å². The van der Waals surface area contributed by atoms with E-state index in [4.69, 9.17) is 4.74 Å². The number of fused-ring (bicyclic) bond motifs is 1. The van der Waals surface area contributed by atoms with E-state index in [2.05, 4.69) is 37.4 Å². The first-order valence-electron chi connectivity index (χ1n) is 7.32. The summed E-state index contributed by atoms with van der Waals surface area (Å²) in [5.41, 5.74) is 1.65. The molecule has 0 saturated carbocycles. The molecule has 1 aromatic carbocycles. The summed E-state index contributed by atoms with van der Waals surface area (Å²) in [6.45, 7) is 9.84. The molecule has 2 rings (SSSR count). The molecule has 2 aromatic rings. The third kappa shape index (κ3) is 3.97. The number of hydrogen-bond donors (Lipinski definition) is 1. The molecule has 0 unspecified atom stereocenters. The van der Waals surface area contributed by atoms with Crippen molar-refractivity contribution in [2.24, 2.45) is 0 Å². The standard InChI is InChI=1S/C17H23NO2S/c1-6-7-13-15(18-16(19)20-17(3,4)5)12-9-8-11(2)10-14(12)21-13/h8-10H,6-7H2,1-5H3,(H,18,19). The van der Waals surface area contributed by atoms with E-state index >= 15 is 0 Å². The van der Waals surface area contributed by atoms with E-state index in [9.17, 15) is 4.79 Å². The van der Waals surface area contributed by atoms with Gasteiger partial charge >= 0.3 is 6.09 Å². The molecule has 0 aliphatic heterocycles. The van der Waals surface area contributed by atoms with Crippen molar-refractivity contribution >= 4 is 33.2 Å². The van der Waals surface area contributed by atoms with E-state index in [1.165, 1.54) is 15.1 Å². The average Bonchev–Trinajstić information content (AvgIpc) is 2.64. The Kier molecular flexibility index (Phi) is 4.57. The van der Waals surface area contributed by atoms with E-state index < -0.39 is 5.60 Å². The molecule has 1 N–H and O–H groups in total. The van der Waals surface area contributed by atoms with Gasteiger partial charge in [-0.25, -0.2) is 4.79 Å². The van der Waals surface area contributed by atoms with Crippen molar-refractivity contribution < 1.29 is 9.53 Å². The zero-order valence-electron chi connectivity index (χ0n) is 13.4. The number of carbonyl (C=O) groups is 1. The molecule has 4 heteroatoms. The maximum atomic E-state index is 12.1. The average molecular weight is 305 g/mol. The van der Waals surface area contributed by atoms with E-state index in [0.29, 0.717) is 0 Å². The maximum absolute atomic E-state index is 12.1. The number of benzene rings is 1. The summed E-state index contributed by atoms with van der Waals surface area (Å²) in [4.78, 5) is 13.3. The lowest BCUT2D eigenvalue weighted by atomic mass is 10.1. The van der Waals surface area contributed by atoms with Crippen molar-refractivity contribution in [3.05, 3.63) is 28.6 Å². The van der Waals surface area contributed by atoms with Gasteiger partial charge in [0.15, 0.2) is 0 Å². The van der Waals surface area contributed by atoms with E-state index in [0.717, 1.165) is 23.9 Å². The Hall–Kier alpha value is -1.55. The second-order valence-electron chi connectivity index (χ2n) is 6.28. The van der Waals surface area contributed by atoms with Gasteiger partial charge < -0.3 is 4.74 Å². The summed E-state index contributed by atoms with van der Waals surface area (Å²) < 4.78 is 6.58. The highest BCUT2D eigenvalue weighted by Gasteiger charge is 2.19. The van der Waals surface area contributed by atoms with Crippen molar-refractivity contribution in [2.75, 3.05) is 5.32 Å². The first-order valence-corrected chi connectivity index (χ1v) is 8.14. The molecule has 3 nitrogen and oxygen atoms in total. The fourth-order valence-corrected chi connectivity index (χ4v) is 3.56. The third-order valence-corrected chi connectivity index (χ3v) is 4.23. The number of nitrogens with one attached hydrogen (secondary N) is 1. The Bertz CT molecular complexity index is 653. The second kappa shape index (κ2) is 6.06. The zero-order chi connectivity index (χ0) is 15.6. The number of thiophene rings is 1. The van der Waals surface area contributed by atoms with Crippen LogP contribution in [0, 0.1) is 6.92 Å². The van der Waals surface area contributed by atoms with Gasteiger partial charge in [0, 0.05) is 15.0 Å². The maximum Gasteiger partial charge on any atom is 0.412 e. The smallest absolute Gasteiger partial charge is 0.412 e. The molecule has 1 heterocycles. The molecule has 0 atom stereocenters. The number of aryl methyl sites for hydroxylation is 2. The third-order valence-electron chi connectivity index (χ3n) is 3.02. The van der Waals surface area contributed by atoms with Crippen LogP contribution in [0.1, 0.15) is 44.6 Å². The van der Waals surface area contributed by atoms with Crippen molar-refractivity contribution in [1.82, 2.24) is 0 Å². The van der Waals surface area contributed by atoms with Crippen molar-refractivity contribution in [3.63, 3.8) is 0 Å². The fourth-order valence-electron chi connectivity index (χ4n) is 2.20. The van der Waals surface area contributed by atoms with Crippen LogP contribution < -0.4 is 5.32 Å². The number of amides is 1. The molecular weight excluding hydrogens is 282 g/mol. The van der Waals surface area contributed by atoms with Crippen LogP contribution in [0.5, 0.6) is 0 Å². The quantitative estimate of drug-likeness (QED) is 0.812. The fraction of sp³-hybridized carbons (Fsp3) is 0.471. The van der Waals surface area contributed by atoms with Crippen LogP contribution in [-0.2, 0) is 11.2 Å². The zero-order valence-corrected chi connectivity index (χ0v) is 14.2. The number of ether oxygens (including phenoxy) is 1. The Labute approximate surface area is 130 Å². The monoisotopic (exact) mass is 305 g/mol. The molecule has 0 radical (unpaired) electrons. The second-order valence-corrected chi connectivity index (χ2v) is 7.41. The summed E-state index contributed by atoms with van der Waals surface area (Å²) in [6.07, 6.45) is 1.62. The van der Waals surface area contributed by atoms with Crippen LogP contribution in [0.25, 0.3) is 10.1 Å². The van der Waals surface area contributed by atoms with Gasteiger partial charge in [0.2, 0.25) is 0 Å². The highest BCUT2D eigenvalue weighted by Crippen LogP contribution is 2.37. The molecule has 0 aliphatic rings. The van der Waals surface area contributed by atoms with Gasteiger partial charge in [-0.1, -0.05) is 25.5 Å². The van der Waals surface area contributed by atoms with Gasteiger partial charge in [-0.3, -0.25) is 5.32 Å². The molecule has 21 heavy (non-hydrogen) atoms. The van der Waals surface area contributed by atoms with Crippen molar-refractivity contribution in [1.29, 1.82) is 0 Å². The van der Waals surface area contributed by atoms with Gasteiger partial charge in [0.05, 0.1) is 5.69 Å². The Morgan fingerprint density at radius 3 is 2.67 bits per heavy atom. The lowest BCUT2D eigenvalue weighted by molar-refractivity contribution is 0.0636. The summed E-state index contributed by atoms with van der Waals surface area (Å²) in [5, 5.41) is 4.04. The minimum absolute atomic E-state index is 0.389. The van der Waals surface area contributed by atoms with E-state index in [-0.39, 0.29) is 6.09 Å². The van der Waals surface area contributed by atoms with E-state index in [1.54, 1.807) is 11.3 Å². The molecule has 0 saturated heterocycles. The summed E-state index contributed by atoms with van der Waals surface area (Å²) in [7, 11) is 0. The first kappa shape index (κ1) is 15.8. The normalized spacial score (nSPS) is 11.7. The van der Waals surface area contributed by atoms with Crippen LogP contribution in [0.4, 0.5) is 10.5 Å². The Morgan fingerprint density at radius 2 is 2.05 bits per heavy atom. The summed E-state index contributed by atoms with van der Waals surface area (Å²) in [6, 6.07) is 6.32. The number of hydrogen-bond acceptors (Lipinski definition) is 3. The van der Waals surface area contributed by atoms with Crippen LogP contribution in [-0.4, -0.2) is 11.7 Å². The molecule has 0 bridgehead atoms. The number of rotatable bonds is 3. The van der Waals surface area contributed by atoms with Gasteiger partial charge in [0.25, 0.3) is 0 Å². The summed E-state index contributed by atoms with van der Waals surface area (Å²) in [5.74, 6) is 0. The topological polar surface area (TPSA) is 38.3 Å². The lowest BCUT2D eigenvalue weighted by Crippen LogP contribution is -2.27. The van der Waals surface area contributed by atoms with Gasteiger partial charge in [-0.05, 0) is 45.7 Å². The molecule has 1 amide bonds. The predicted molar refractivity (Wildman–Crippen MR) is 90.4 cm³/mol. The number of anilines is 1. The lowest BCUT2D eigenvalue weighted by Gasteiger charge is -2.20. The van der Waals surface area contributed by atoms with Crippen LogP contribution in [0.15, 0.2) is 18.2 Å². The molecular formula is C17H23NO2S. The highest BCUT2D eigenvalue weighted by atomic mass is 32.1. The molecule has 1 aromatic heterocycles. The SMILES string of the molecule is CCCc1sc2cc(C)ccc2c1NC(=O)OC(C)(C)C. The minimum atomic E-state index is -0.489. The Morgan fingerprint density at radius 1 is 1.33 bits per heavy atom. The minimum Gasteiger partial charge on any atom is -0.444 e. The molecule has 114 valence electrons. The Balaban J connectivity index is 2.36. The van der Waals surface area contributed by atoms with Crippen LogP contribution >= 0.6 is 11.3 Å². The van der Waals surface area contributed by atoms with Gasteiger partial charge in [0.1, 0.15) is 5.60 Å². The number of carbonyl (C=O) groups excluding carboxylic acids is 1. The molecule has 0 spiro atoms. The molecule has 0 aliphatic carbocycles. The van der Waals surface area contributed by atoms with Crippen LogP contribution in [0.3, 0.4) is 0 Å². The van der Waals surface area contributed by atoms with E-state index in [1.807, 2.05) is 20.8 Å².